The minimum absolute atomic E-state index is 0.166. The fourth-order valence-electron chi connectivity index (χ4n) is 3.12. The zero-order valence-electron chi connectivity index (χ0n) is 16.9. The topological polar surface area (TPSA) is 84.0 Å². The number of hydrogen-bond donors (Lipinski definition) is 3. The molecule has 1 saturated carbocycles. The Morgan fingerprint density at radius 3 is 2.75 bits per heavy atom. The van der Waals surface area contributed by atoms with E-state index in [1.807, 2.05) is 0 Å². The van der Waals surface area contributed by atoms with Crippen LogP contribution in [-0.2, 0) is 16.1 Å². The maximum Gasteiger partial charge on any atom is 0.223 e. The van der Waals surface area contributed by atoms with Crippen LogP contribution >= 0.6 is 0 Å². The van der Waals surface area contributed by atoms with Crippen molar-refractivity contribution in [1.82, 2.24) is 16.0 Å². The maximum atomic E-state index is 11.6. The maximum absolute atomic E-state index is 11.6. The Balaban J connectivity index is 1.44. The van der Waals surface area contributed by atoms with Crippen molar-refractivity contribution in [2.45, 2.75) is 32.7 Å². The molecule has 1 atom stereocenters. The van der Waals surface area contributed by atoms with Gasteiger partial charge in [-0.3, -0.25) is 9.79 Å². The van der Waals surface area contributed by atoms with E-state index in [2.05, 4.69) is 46.1 Å². The summed E-state index contributed by atoms with van der Waals surface area (Å²) in [5.74, 6) is 2.50. The van der Waals surface area contributed by atoms with Crippen molar-refractivity contribution < 1.29 is 14.3 Å². The molecule has 2 fully saturated rings. The van der Waals surface area contributed by atoms with Crippen molar-refractivity contribution in [2.24, 2.45) is 16.8 Å². The molecule has 1 saturated heterocycles. The lowest BCUT2D eigenvalue weighted by Crippen LogP contribution is -2.41. The zero-order valence-corrected chi connectivity index (χ0v) is 16.9. The van der Waals surface area contributed by atoms with Crippen molar-refractivity contribution in [2.75, 3.05) is 40.0 Å². The van der Waals surface area contributed by atoms with Gasteiger partial charge in [-0.05, 0) is 37.8 Å². The lowest BCUT2D eigenvalue weighted by molar-refractivity contribution is -0.122. The van der Waals surface area contributed by atoms with Gasteiger partial charge in [-0.2, -0.15) is 0 Å². The number of carbonyl (C=O) groups is 1. The molecule has 7 nitrogen and oxygen atoms in total. The number of carbonyl (C=O) groups excluding carboxylic acids is 1. The van der Waals surface area contributed by atoms with Crippen LogP contribution in [0.5, 0.6) is 5.75 Å². The Morgan fingerprint density at radius 1 is 1.21 bits per heavy atom. The Hall–Kier alpha value is -2.28. The molecule has 7 heteroatoms. The van der Waals surface area contributed by atoms with Crippen LogP contribution in [0.2, 0.25) is 0 Å². The van der Waals surface area contributed by atoms with Crippen molar-refractivity contribution in [3.05, 3.63) is 29.3 Å². The Bertz CT molecular complexity index is 682. The molecule has 2 aliphatic rings. The van der Waals surface area contributed by atoms with E-state index < -0.39 is 0 Å². The zero-order chi connectivity index (χ0) is 19.8. The van der Waals surface area contributed by atoms with E-state index in [1.54, 1.807) is 7.05 Å². The van der Waals surface area contributed by atoms with Gasteiger partial charge in [-0.15, -0.1) is 0 Å². The molecule has 0 spiro atoms. The number of hydrogen-bond acceptors (Lipinski definition) is 4. The largest absolute Gasteiger partial charge is 0.493 e. The average molecular weight is 389 g/mol. The molecule has 1 amide bonds. The summed E-state index contributed by atoms with van der Waals surface area (Å²) in [4.78, 5) is 15.9. The van der Waals surface area contributed by atoms with E-state index in [0.717, 1.165) is 43.8 Å². The van der Waals surface area contributed by atoms with Gasteiger partial charge in [-0.1, -0.05) is 12.1 Å². The van der Waals surface area contributed by atoms with Crippen molar-refractivity contribution in [1.29, 1.82) is 0 Å². The smallest absolute Gasteiger partial charge is 0.223 e. The lowest BCUT2D eigenvalue weighted by Gasteiger charge is -2.17. The average Bonchev–Trinajstić information content (AvgIpc) is 3.42. The SMILES string of the molecule is CN=C(NCCNC(=O)C1CC1)NCc1ccc(C)cc1OCC1CCOC1. The van der Waals surface area contributed by atoms with Gasteiger partial charge in [-0.25, -0.2) is 0 Å². The first-order valence-electron chi connectivity index (χ1n) is 10.2. The number of amides is 1. The monoisotopic (exact) mass is 388 g/mol. The normalized spacial score (nSPS) is 19.4. The molecular formula is C21H32N4O3. The van der Waals surface area contributed by atoms with Crippen LogP contribution in [0.3, 0.4) is 0 Å². The van der Waals surface area contributed by atoms with Crippen LogP contribution < -0.4 is 20.7 Å². The minimum Gasteiger partial charge on any atom is -0.493 e. The van der Waals surface area contributed by atoms with Gasteiger partial charge >= 0.3 is 0 Å². The molecule has 1 unspecified atom stereocenters. The third kappa shape index (κ3) is 6.41. The number of nitrogens with zero attached hydrogens (tertiary/aromatic N) is 1. The van der Waals surface area contributed by atoms with Gasteiger partial charge in [0.05, 0.1) is 13.2 Å². The van der Waals surface area contributed by atoms with Crippen LogP contribution in [0.4, 0.5) is 0 Å². The van der Waals surface area contributed by atoms with Gasteiger partial charge in [0, 0.05) is 50.7 Å². The third-order valence-corrected chi connectivity index (χ3v) is 5.06. The second-order valence-corrected chi connectivity index (χ2v) is 7.57. The highest BCUT2D eigenvalue weighted by Crippen LogP contribution is 2.28. The number of aryl methyl sites for hydroxylation is 1. The molecule has 0 aromatic heterocycles. The molecule has 0 radical (unpaired) electrons. The van der Waals surface area contributed by atoms with Crippen LogP contribution in [-0.4, -0.2) is 51.8 Å². The molecule has 1 aromatic carbocycles. The first-order valence-corrected chi connectivity index (χ1v) is 10.2. The van der Waals surface area contributed by atoms with Gasteiger partial charge < -0.3 is 25.4 Å². The van der Waals surface area contributed by atoms with Crippen LogP contribution in [0.25, 0.3) is 0 Å². The van der Waals surface area contributed by atoms with Gasteiger partial charge in [0.15, 0.2) is 5.96 Å². The summed E-state index contributed by atoms with van der Waals surface area (Å²) in [6, 6.07) is 6.26. The Kier molecular flexibility index (Phi) is 7.54. The highest BCUT2D eigenvalue weighted by atomic mass is 16.5. The number of benzene rings is 1. The first kappa shape index (κ1) is 20.5. The van der Waals surface area contributed by atoms with E-state index in [9.17, 15) is 4.79 Å². The van der Waals surface area contributed by atoms with Gasteiger partial charge in [0.2, 0.25) is 5.91 Å². The van der Waals surface area contributed by atoms with Crippen molar-refractivity contribution in [3.63, 3.8) is 0 Å². The van der Waals surface area contributed by atoms with Gasteiger partial charge in [0.1, 0.15) is 5.75 Å². The number of nitrogens with one attached hydrogen (secondary N) is 3. The van der Waals surface area contributed by atoms with E-state index in [4.69, 9.17) is 9.47 Å². The second kappa shape index (κ2) is 10.3. The summed E-state index contributed by atoms with van der Waals surface area (Å²) in [5.41, 5.74) is 2.27. The molecule has 1 aromatic rings. The van der Waals surface area contributed by atoms with E-state index >= 15 is 0 Å². The summed E-state index contributed by atoms with van der Waals surface area (Å²) in [6.07, 6.45) is 3.11. The number of rotatable bonds is 9. The lowest BCUT2D eigenvalue weighted by atomic mass is 10.1. The second-order valence-electron chi connectivity index (χ2n) is 7.57. The summed E-state index contributed by atoms with van der Waals surface area (Å²) >= 11 is 0. The van der Waals surface area contributed by atoms with Crippen molar-refractivity contribution >= 4 is 11.9 Å². The third-order valence-electron chi connectivity index (χ3n) is 5.06. The number of aliphatic imine (C=N–C) groups is 1. The summed E-state index contributed by atoms with van der Waals surface area (Å²) in [6.45, 7) is 6.22. The fraction of sp³-hybridized carbons (Fsp3) is 0.619. The van der Waals surface area contributed by atoms with Crippen LogP contribution in [0.15, 0.2) is 23.2 Å². The Labute approximate surface area is 167 Å². The minimum atomic E-state index is 0.166. The van der Waals surface area contributed by atoms with E-state index in [1.165, 1.54) is 5.56 Å². The molecule has 154 valence electrons. The molecule has 3 N–H and O–H groups in total. The molecule has 1 heterocycles. The highest BCUT2D eigenvalue weighted by Gasteiger charge is 2.28. The Morgan fingerprint density at radius 2 is 2.04 bits per heavy atom. The molecule has 1 aliphatic carbocycles. The first-order chi connectivity index (χ1) is 13.7. The molecular weight excluding hydrogens is 356 g/mol. The standard InChI is InChI=1S/C21H32N4O3/c1-15-3-4-18(19(11-15)28-14-16-7-10-27-13-16)12-25-21(22-2)24-9-8-23-20(26)17-5-6-17/h3-4,11,16-17H,5-10,12-14H2,1-2H3,(H,23,26)(H2,22,24,25). The molecule has 28 heavy (non-hydrogen) atoms. The molecule has 1 aliphatic heterocycles. The highest BCUT2D eigenvalue weighted by molar-refractivity contribution is 5.81. The van der Waals surface area contributed by atoms with E-state index in [-0.39, 0.29) is 11.8 Å². The molecule has 3 rings (SSSR count). The van der Waals surface area contributed by atoms with Gasteiger partial charge in [0.25, 0.3) is 0 Å². The predicted molar refractivity (Wildman–Crippen MR) is 110 cm³/mol. The summed E-state index contributed by atoms with van der Waals surface area (Å²) < 4.78 is 11.5. The van der Waals surface area contributed by atoms with E-state index in [0.29, 0.717) is 38.1 Å². The fourth-order valence-corrected chi connectivity index (χ4v) is 3.12. The number of guanidine groups is 1. The number of ether oxygens (including phenoxy) is 2. The summed E-state index contributed by atoms with van der Waals surface area (Å²) in [5, 5.41) is 9.49. The quantitative estimate of drug-likeness (QED) is 0.340. The van der Waals surface area contributed by atoms with Crippen LogP contribution in [0.1, 0.15) is 30.4 Å². The van der Waals surface area contributed by atoms with Crippen LogP contribution in [0, 0.1) is 18.8 Å². The molecule has 0 bridgehead atoms. The summed E-state index contributed by atoms with van der Waals surface area (Å²) in [7, 11) is 1.74. The predicted octanol–water partition coefficient (Wildman–Crippen LogP) is 1.60. The van der Waals surface area contributed by atoms with Crippen molar-refractivity contribution in [3.8, 4) is 5.75 Å².